The molecule has 2 heterocycles. The van der Waals surface area contributed by atoms with Crippen LogP contribution in [0.15, 0.2) is 12.5 Å². The minimum absolute atomic E-state index is 0.135. The maximum Gasteiger partial charge on any atom is 0.239 e. The van der Waals surface area contributed by atoms with Crippen LogP contribution in [0.3, 0.4) is 0 Å². The number of likely N-dealkylation sites (N-methyl/N-ethyl adjacent to an activating group) is 1. The molecule has 0 radical (unpaired) electrons. The van der Waals surface area contributed by atoms with Gasteiger partial charge in [-0.1, -0.05) is 19.3 Å². The van der Waals surface area contributed by atoms with Crippen molar-refractivity contribution in [1.82, 2.24) is 20.2 Å². The Balaban J connectivity index is 1.69. The Bertz CT molecular complexity index is 479. The van der Waals surface area contributed by atoms with E-state index >= 15 is 0 Å². The number of hydrogen-bond donors (Lipinski definition) is 2. The van der Waals surface area contributed by atoms with Crippen LogP contribution in [-0.4, -0.2) is 47.0 Å². The third-order valence-electron chi connectivity index (χ3n) is 5.59. The van der Waals surface area contributed by atoms with Gasteiger partial charge in [-0.15, -0.1) is 0 Å². The fourth-order valence-corrected chi connectivity index (χ4v) is 4.08. The minimum atomic E-state index is -0.135. The molecule has 0 bridgehead atoms. The van der Waals surface area contributed by atoms with E-state index in [1.807, 2.05) is 18.1 Å². The van der Waals surface area contributed by atoms with E-state index in [-0.39, 0.29) is 11.9 Å². The third-order valence-corrected chi connectivity index (χ3v) is 5.59. The van der Waals surface area contributed by atoms with Crippen molar-refractivity contribution in [1.29, 1.82) is 0 Å². The van der Waals surface area contributed by atoms with Crippen LogP contribution in [0.1, 0.15) is 50.6 Å². The Hall–Kier alpha value is -1.36. The molecule has 1 aromatic heterocycles. The third kappa shape index (κ3) is 3.51. The maximum atomic E-state index is 12.7. The van der Waals surface area contributed by atoms with Crippen molar-refractivity contribution < 1.29 is 4.79 Å². The summed E-state index contributed by atoms with van der Waals surface area (Å²) in [6.45, 7) is 1.83. The molecule has 1 saturated heterocycles. The van der Waals surface area contributed by atoms with E-state index in [2.05, 4.69) is 15.3 Å². The summed E-state index contributed by atoms with van der Waals surface area (Å²) < 4.78 is 0. The number of hydrogen-bond acceptors (Lipinski definition) is 3. The van der Waals surface area contributed by atoms with E-state index in [4.69, 9.17) is 0 Å². The fourth-order valence-electron chi connectivity index (χ4n) is 4.08. The van der Waals surface area contributed by atoms with Crippen LogP contribution >= 0.6 is 0 Å². The monoisotopic (exact) mass is 304 g/mol. The average molecular weight is 304 g/mol. The summed E-state index contributed by atoms with van der Waals surface area (Å²) in [7, 11) is 1.95. The molecule has 2 aliphatic rings. The van der Waals surface area contributed by atoms with Crippen molar-refractivity contribution in [2.45, 2.75) is 57.4 Å². The number of aromatic amines is 1. The Morgan fingerprint density at radius 1 is 1.27 bits per heavy atom. The highest BCUT2D eigenvalue weighted by molar-refractivity contribution is 5.82. The Labute approximate surface area is 132 Å². The van der Waals surface area contributed by atoms with Crippen LogP contribution in [0, 0.1) is 5.41 Å². The number of nitrogens with one attached hydrogen (secondary N) is 2. The zero-order valence-electron chi connectivity index (χ0n) is 13.6. The van der Waals surface area contributed by atoms with Gasteiger partial charge < -0.3 is 15.2 Å². The van der Waals surface area contributed by atoms with Crippen molar-refractivity contribution in [3.8, 4) is 0 Å². The lowest BCUT2D eigenvalue weighted by Gasteiger charge is -2.38. The van der Waals surface area contributed by atoms with E-state index in [1.165, 1.54) is 38.5 Å². The van der Waals surface area contributed by atoms with Gasteiger partial charge in [0.25, 0.3) is 0 Å². The summed E-state index contributed by atoms with van der Waals surface area (Å²) in [6.07, 6.45) is 13.3. The van der Waals surface area contributed by atoms with Gasteiger partial charge in [-0.3, -0.25) is 4.79 Å². The molecule has 2 fully saturated rings. The summed E-state index contributed by atoms with van der Waals surface area (Å²) in [6, 6.07) is -0.135. The molecule has 1 aromatic rings. The Kier molecular flexibility index (Phi) is 4.81. The fraction of sp³-hybridized carbons (Fsp3) is 0.765. The summed E-state index contributed by atoms with van der Waals surface area (Å²) in [4.78, 5) is 21.8. The van der Waals surface area contributed by atoms with Gasteiger partial charge in [-0.05, 0) is 37.6 Å². The van der Waals surface area contributed by atoms with Gasteiger partial charge in [0.15, 0.2) is 0 Å². The molecular weight excluding hydrogens is 276 g/mol. The van der Waals surface area contributed by atoms with E-state index in [0.29, 0.717) is 11.8 Å². The maximum absolute atomic E-state index is 12.7. The van der Waals surface area contributed by atoms with Gasteiger partial charge in [-0.2, -0.15) is 0 Å². The van der Waals surface area contributed by atoms with E-state index in [9.17, 15) is 4.79 Å². The van der Waals surface area contributed by atoms with Crippen LogP contribution in [0.2, 0.25) is 0 Å². The van der Waals surface area contributed by atoms with Gasteiger partial charge in [0.05, 0.1) is 12.4 Å². The molecule has 0 aromatic carbocycles. The second kappa shape index (κ2) is 6.82. The quantitative estimate of drug-likeness (QED) is 0.880. The molecule has 3 rings (SSSR count). The van der Waals surface area contributed by atoms with Crippen molar-refractivity contribution >= 4 is 5.91 Å². The first-order valence-electron chi connectivity index (χ1n) is 8.64. The highest BCUT2D eigenvalue weighted by Crippen LogP contribution is 2.42. The minimum Gasteiger partial charge on any atom is -0.348 e. The summed E-state index contributed by atoms with van der Waals surface area (Å²) in [5, 5.41) is 3.51. The molecule has 1 aliphatic heterocycles. The standard InChI is InChI=1S/C17H28N4O/c1-21-10-8-17(5-3-2-4-6-17)7-9-19-15(16(21)22)11-14-12-18-13-20-14/h12-13,15,19H,2-11H2,1H3,(H,18,20). The molecule has 1 spiro atoms. The van der Waals surface area contributed by atoms with Crippen molar-refractivity contribution in [3.05, 3.63) is 18.2 Å². The van der Waals surface area contributed by atoms with E-state index < -0.39 is 0 Å². The van der Waals surface area contributed by atoms with Gasteiger partial charge >= 0.3 is 0 Å². The molecule has 122 valence electrons. The SMILES string of the molecule is CN1CCC2(CCCCC2)CCNC(Cc2cnc[nH]2)C1=O. The molecular formula is C17H28N4O. The number of imidazole rings is 1. The molecule has 22 heavy (non-hydrogen) atoms. The lowest BCUT2D eigenvalue weighted by molar-refractivity contribution is -0.132. The number of aromatic nitrogens is 2. The highest BCUT2D eigenvalue weighted by atomic mass is 16.2. The average Bonchev–Trinajstić information content (AvgIpc) is 3.05. The zero-order valence-corrected chi connectivity index (χ0v) is 13.6. The zero-order chi connectivity index (χ0) is 15.4. The van der Waals surface area contributed by atoms with Crippen LogP contribution in [0.4, 0.5) is 0 Å². The lowest BCUT2D eigenvalue weighted by Crippen LogP contribution is -2.46. The van der Waals surface area contributed by atoms with Crippen LogP contribution in [0.25, 0.3) is 0 Å². The second-order valence-corrected chi connectivity index (χ2v) is 7.11. The second-order valence-electron chi connectivity index (χ2n) is 7.11. The van der Waals surface area contributed by atoms with Gasteiger partial charge in [0.1, 0.15) is 0 Å². The van der Waals surface area contributed by atoms with Crippen LogP contribution in [-0.2, 0) is 11.2 Å². The molecule has 1 aliphatic carbocycles. The lowest BCUT2D eigenvalue weighted by atomic mass is 9.69. The Morgan fingerprint density at radius 3 is 2.82 bits per heavy atom. The molecule has 2 N–H and O–H groups in total. The number of rotatable bonds is 2. The highest BCUT2D eigenvalue weighted by Gasteiger charge is 2.34. The first kappa shape index (κ1) is 15.5. The summed E-state index contributed by atoms with van der Waals surface area (Å²) >= 11 is 0. The largest absolute Gasteiger partial charge is 0.348 e. The molecule has 1 saturated carbocycles. The van der Waals surface area contributed by atoms with Gasteiger partial charge in [0, 0.05) is 31.9 Å². The first-order valence-corrected chi connectivity index (χ1v) is 8.64. The van der Waals surface area contributed by atoms with Gasteiger partial charge in [0.2, 0.25) is 5.91 Å². The van der Waals surface area contributed by atoms with Crippen LogP contribution < -0.4 is 5.32 Å². The van der Waals surface area contributed by atoms with E-state index in [1.54, 1.807) is 6.33 Å². The smallest absolute Gasteiger partial charge is 0.239 e. The first-order chi connectivity index (χ1) is 10.7. The van der Waals surface area contributed by atoms with Crippen LogP contribution in [0.5, 0.6) is 0 Å². The number of amides is 1. The molecule has 1 amide bonds. The number of carbonyl (C=O) groups excluding carboxylic acids is 1. The van der Waals surface area contributed by atoms with E-state index in [0.717, 1.165) is 25.2 Å². The topological polar surface area (TPSA) is 61.0 Å². The number of carbonyl (C=O) groups is 1. The molecule has 5 nitrogen and oxygen atoms in total. The Morgan fingerprint density at radius 2 is 2.09 bits per heavy atom. The normalized spacial score (nSPS) is 26.5. The predicted molar refractivity (Wildman–Crippen MR) is 86.5 cm³/mol. The van der Waals surface area contributed by atoms with Gasteiger partial charge in [-0.25, -0.2) is 4.98 Å². The number of H-pyrrole nitrogens is 1. The van der Waals surface area contributed by atoms with Crippen molar-refractivity contribution in [2.24, 2.45) is 5.41 Å². The van der Waals surface area contributed by atoms with Crippen molar-refractivity contribution in [2.75, 3.05) is 20.1 Å². The number of nitrogens with zero attached hydrogens (tertiary/aromatic N) is 2. The summed E-state index contributed by atoms with van der Waals surface area (Å²) in [5.41, 5.74) is 1.48. The van der Waals surface area contributed by atoms with Crippen molar-refractivity contribution in [3.63, 3.8) is 0 Å². The molecule has 5 heteroatoms. The molecule has 1 atom stereocenters. The molecule has 1 unspecified atom stereocenters. The predicted octanol–water partition coefficient (Wildman–Crippen LogP) is 2.11. The summed E-state index contributed by atoms with van der Waals surface area (Å²) in [5.74, 6) is 0.211.